The van der Waals surface area contributed by atoms with Crippen molar-refractivity contribution in [2.45, 2.75) is 45.6 Å². The monoisotopic (exact) mass is 309 g/mol. The average molecular weight is 309 g/mol. The van der Waals surface area contributed by atoms with Gasteiger partial charge in [0.1, 0.15) is 6.10 Å². The lowest BCUT2D eigenvalue weighted by atomic mass is 9.90. The number of amides is 1. The molecule has 0 bridgehead atoms. The van der Waals surface area contributed by atoms with Crippen molar-refractivity contribution in [3.8, 4) is 0 Å². The van der Waals surface area contributed by atoms with Crippen molar-refractivity contribution >= 4 is 11.6 Å². The van der Waals surface area contributed by atoms with Crippen LogP contribution in [0.3, 0.4) is 0 Å². The zero-order valence-electron chi connectivity index (χ0n) is 13.9. The first kappa shape index (κ1) is 15.8. The summed E-state index contributed by atoms with van der Waals surface area (Å²) in [5.41, 5.74) is 5.94. The SMILES string of the molecule is CCc1cc(C(O)c2cccc(C)c2)cc2c1NC(=O)C2CC. The molecule has 1 amide bonds. The molecule has 0 aliphatic carbocycles. The number of anilines is 1. The summed E-state index contributed by atoms with van der Waals surface area (Å²) in [5.74, 6) is -0.0423. The van der Waals surface area contributed by atoms with Gasteiger partial charge in [0.25, 0.3) is 0 Å². The fourth-order valence-electron chi connectivity index (χ4n) is 3.41. The molecule has 0 saturated carbocycles. The maximum Gasteiger partial charge on any atom is 0.232 e. The number of aryl methyl sites for hydroxylation is 2. The molecule has 3 heteroatoms. The molecule has 3 rings (SSSR count). The van der Waals surface area contributed by atoms with Gasteiger partial charge in [-0.15, -0.1) is 0 Å². The molecule has 2 N–H and O–H groups in total. The topological polar surface area (TPSA) is 49.3 Å². The Morgan fingerprint density at radius 3 is 2.61 bits per heavy atom. The van der Waals surface area contributed by atoms with Crippen molar-refractivity contribution in [1.29, 1.82) is 0 Å². The first-order valence-corrected chi connectivity index (χ1v) is 8.27. The van der Waals surface area contributed by atoms with E-state index in [2.05, 4.69) is 12.2 Å². The molecule has 0 radical (unpaired) electrons. The summed E-state index contributed by atoms with van der Waals surface area (Å²) >= 11 is 0. The Hall–Kier alpha value is -2.13. The molecule has 120 valence electrons. The lowest BCUT2D eigenvalue weighted by Gasteiger charge is -2.17. The third-order valence-electron chi connectivity index (χ3n) is 4.68. The summed E-state index contributed by atoms with van der Waals surface area (Å²) < 4.78 is 0. The number of hydrogen-bond donors (Lipinski definition) is 2. The van der Waals surface area contributed by atoms with E-state index in [0.717, 1.165) is 46.3 Å². The highest BCUT2D eigenvalue weighted by Gasteiger charge is 2.31. The summed E-state index contributed by atoms with van der Waals surface area (Å²) in [5, 5.41) is 13.8. The fraction of sp³-hybridized carbons (Fsp3) is 0.350. The number of aliphatic hydroxyl groups is 1. The minimum Gasteiger partial charge on any atom is -0.384 e. The Labute approximate surface area is 137 Å². The molecule has 2 atom stereocenters. The number of carbonyl (C=O) groups is 1. The molecule has 23 heavy (non-hydrogen) atoms. The minimum atomic E-state index is -0.668. The van der Waals surface area contributed by atoms with Crippen LogP contribution in [0.25, 0.3) is 0 Å². The van der Waals surface area contributed by atoms with Crippen molar-refractivity contribution in [3.63, 3.8) is 0 Å². The molecule has 1 aliphatic rings. The number of fused-ring (bicyclic) bond motifs is 1. The van der Waals surface area contributed by atoms with Crippen LogP contribution in [-0.4, -0.2) is 11.0 Å². The van der Waals surface area contributed by atoms with Crippen LogP contribution in [0.2, 0.25) is 0 Å². The summed E-state index contributed by atoms with van der Waals surface area (Å²) in [7, 11) is 0. The van der Waals surface area contributed by atoms with Gasteiger partial charge in [-0.2, -0.15) is 0 Å². The van der Waals surface area contributed by atoms with Crippen molar-refractivity contribution in [1.82, 2.24) is 0 Å². The molecule has 3 nitrogen and oxygen atoms in total. The van der Waals surface area contributed by atoms with Gasteiger partial charge in [0.05, 0.1) is 5.92 Å². The largest absolute Gasteiger partial charge is 0.384 e. The van der Waals surface area contributed by atoms with Crippen LogP contribution in [0.15, 0.2) is 36.4 Å². The van der Waals surface area contributed by atoms with E-state index in [1.807, 2.05) is 50.2 Å². The predicted molar refractivity (Wildman–Crippen MR) is 92.7 cm³/mol. The maximum atomic E-state index is 12.2. The van der Waals surface area contributed by atoms with Gasteiger partial charge < -0.3 is 10.4 Å². The fourth-order valence-corrected chi connectivity index (χ4v) is 3.41. The van der Waals surface area contributed by atoms with Gasteiger partial charge >= 0.3 is 0 Å². The van der Waals surface area contributed by atoms with Crippen molar-refractivity contribution < 1.29 is 9.90 Å². The Morgan fingerprint density at radius 2 is 1.96 bits per heavy atom. The molecule has 0 saturated heterocycles. The Bertz CT molecular complexity index is 751. The van der Waals surface area contributed by atoms with E-state index in [-0.39, 0.29) is 11.8 Å². The van der Waals surface area contributed by atoms with Crippen molar-refractivity contribution in [2.75, 3.05) is 5.32 Å². The zero-order chi connectivity index (χ0) is 16.6. The summed E-state index contributed by atoms with van der Waals surface area (Å²) in [6.45, 7) is 6.12. The van der Waals surface area contributed by atoms with Crippen LogP contribution >= 0.6 is 0 Å². The molecule has 2 aromatic rings. The number of aliphatic hydroxyl groups excluding tert-OH is 1. The highest BCUT2D eigenvalue weighted by molar-refractivity contribution is 6.03. The zero-order valence-corrected chi connectivity index (χ0v) is 13.9. The Balaban J connectivity index is 2.08. The Morgan fingerprint density at radius 1 is 1.17 bits per heavy atom. The number of benzene rings is 2. The number of nitrogens with one attached hydrogen (secondary N) is 1. The van der Waals surface area contributed by atoms with Gasteiger partial charge in [-0.25, -0.2) is 0 Å². The average Bonchev–Trinajstić information content (AvgIpc) is 2.88. The summed E-state index contributed by atoms with van der Waals surface area (Å²) in [6, 6.07) is 11.9. The highest BCUT2D eigenvalue weighted by Crippen LogP contribution is 2.40. The third-order valence-corrected chi connectivity index (χ3v) is 4.68. The van der Waals surface area contributed by atoms with Crippen molar-refractivity contribution in [2.24, 2.45) is 0 Å². The van der Waals surface area contributed by atoms with E-state index in [1.165, 1.54) is 0 Å². The van der Waals surface area contributed by atoms with Gasteiger partial charge in [-0.3, -0.25) is 4.79 Å². The minimum absolute atomic E-state index is 0.0689. The van der Waals surface area contributed by atoms with Crippen LogP contribution in [0.1, 0.15) is 60.1 Å². The normalized spacial score (nSPS) is 17.7. The quantitative estimate of drug-likeness (QED) is 0.894. The second kappa shape index (κ2) is 6.17. The summed E-state index contributed by atoms with van der Waals surface area (Å²) in [6.07, 6.45) is 0.929. The predicted octanol–water partition coefficient (Wildman–Crippen LogP) is 4.08. The summed E-state index contributed by atoms with van der Waals surface area (Å²) in [4.78, 5) is 12.2. The van der Waals surface area contributed by atoms with Crippen molar-refractivity contribution in [3.05, 3.63) is 64.2 Å². The first-order valence-electron chi connectivity index (χ1n) is 8.27. The van der Waals surface area contributed by atoms with Crippen LogP contribution in [-0.2, 0) is 11.2 Å². The molecule has 0 spiro atoms. The third kappa shape index (κ3) is 2.77. The van der Waals surface area contributed by atoms with E-state index < -0.39 is 6.10 Å². The van der Waals surface area contributed by atoms with Crippen LogP contribution in [0.4, 0.5) is 5.69 Å². The van der Waals surface area contributed by atoms with Crippen LogP contribution in [0, 0.1) is 6.92 Å². The molecular weight excluding hydrogens is 286 g/mol. The van der Waals surface area contributed by atoms with E-state index in [9.17, 15) is 9.90 Å². The van der Waals surface area contributed by atoms with E-state index in [4.69, 9.17) is 0 Å². The van der Waals surface area contributed by atoms with Gasteiger partial charge in [-0.05, 0) is 48.1 Å². The number of hydrogen-bond acceptors (Lipinski definition) is 2. The molecular formula is C20H23NO2. The molecule has 1 aliphatic heterocycles. The molecule has 0 aromatic heterocycles. The van der Waals surface area contributed by atoms with Crippen LogP contribution in [0.5, 0.6) is 0 Å². The van der Waals surface area contributed by atoms with Gasteiger partial charge in [0, 0.05) is 5.69 Å². The molecule has 0 fully saturated rings. The second-order valence-corrected chi connectivity index (χ2v) is 6.26. The standard InChI is InChI=1S/C20H23NO2/c1-4-13-10-15(19(22)14-8-6-7-12(3)9-14)11-17-16(5-2)20(23)21-18(13)17/h6-11,16,19,22H,4-5H2,1-3H3,(H,21,23). The smallest absolute Gasteiger partial charge is 0.232 e. The lowest BCUT2D eigenvalue weighted by Crippen LogP contribution is -2.11. The van der Waals surface area contributed by atoms with E-state index in [1.54, 1.807) is 0 Å². The Kier molecular flexibility index (Phi) is 4.22. The molecule has 2 unspecified atom stereocenters. The molecule has 2 aromatic carbocycles. The van der Waals surface area contributed by atoms with E-state index in [0.29, 0.717) is 0 Å². The second-order valence-electron chi connectivity index (χ2n) is 6.26. The first-order chi connectivity index (χ1) is 11.0. The van der Waals surface area contributed by atoms with Crippen LogP contribution < -0.4 is 5.32 Å². The highest BCUT2D eigenvalue weighted by atomic mass is 16.3. The maximum absolute atomic E-state index is 12.2. The molecule has 1 heterocycles. The van der Waals surface area contributed by atoms with Gasteiger partial charge in [0.15, 0.2) is 0 Å². The van der Waals surface area contributed by atoms with E-state index >= 15 is 0 Å². The number of rotatable bonds is 4. The lowest BCUT2D eigenvalue weighted by molar-refractivity contribution is -0.117. The number of carbonyl (C=O) groups excluding carboxylic acids is 1. The van der Waals surface area contributed by atoms with Gasteiger partial charge in [-0.1, -0.05) is 49.7 Å². The van der Waals surface area contributed by atoms with Gasteiger partial charge in [0.2, 0.25) is 5.91 Å².